The highest BCUT2D eigenvalue weighted by Gasteiger charge is 2.14. The Morgan fingerprint density at radius 3 is 2.56 bits per heavy atom. The normalized spacial score (nSPS) is 10.3. The van der Waals surface area contributed by atoms with Crippen LogP contribution >= 0.6 is 0 Å². The van der Waals surface area contributed by atoms with Crippen molar-refractivity contribution in [1.29, 1.82) is 0 Å². The van der Waals surface area contributed by atoms with Crippen LogP contribution in [0, 0.1) is 11.6 Å². The van der Waals surface area contributed by atoms with E-state index in [1.807, 2.05) is 0 Å². The predicted molar refractivity (Wildman–Crippen MR) is 91.0 cm³/mol. The van der Waals surface area contributed by atoms with Gasteiger partial charge in [-0.05, 0) is 36.4 Å². The summed E-state index contributed by atoms with van der Waals surface area (Å²) in [6.07, 6.45) is 2.69. The molecule has 3 rings (SSSR count). The predicted octanol–water partition coefficient (Wildman–Crippen LogP) is 1.99. The summed E-state index contributed by atoms with van der Waals surface area (Å²) in [5.74, 6) is -1.98. The molecule has 0 fully saturated rings. The fourth-order valence-electron chi connectivity index (χ4n) is 2.20. The lowest BCUT2D eigenvalue weighted by Crippen LogP contribution is -2.44. The second-order valence-electron chi connectivity index (χ2n) is 5.37. The van der Waals surface area contributed by atoms with E-state index in [0.29, 0.717) is 5.69 Å². The number of carbonyl (C=O) groups is 2. The van der Waals surface area contributed by atoms with Gasteiger partial charge in [-0.2, -0.15) is 0 Å². The van der Waals surface area contributed by atoms with Crippen LogP contribution in [0.25, 0.3) is 5.69 Å². The Balaban J connectivity index is 1.56. The van der Waals surface area contributed by atoms with Crippen molar-refractivity contribution in [2.75, 3.05) is 6.61 Å². The highest BCUT2D eigenvalue weighted by atomic mass is 19.1. The summed E-state index contributed by atoms with van der Waals surface area (Å²) in [7, 11) is 0. The Bertz CT molecular complexity index is 957. The van der Waals surface area contributed by atoms with Gasteiger partial charge in [0.05, 0.1) is 12.5 Å². The van der Waals surface area contributed by atoms with E-state index < -0.39 is 30.1 Å². The van der Waals surface area contributed by atoms with E-state index in [4.69, 9.17) is 4.74 Å². The second kappa shape index (κ2) is 8.09. The van der Waals surface area contributed by atoms with Crippen LogP contribution in [0.15, 0.2) is 61.1 Å². The number of rotatable bonds is 5. The molecule has 0 spiro atoms. The molecule has 0 saturated carbocycles. The molecule has 0 saturated heterocycles. The second-order valence-corrected chi connectivity index (χ2v) is 5.37. The van der Waals surface area contributed by atoms with Crippen molar-refractivity contribution in [3.05, 3.63) is 78.4 Å². The fraction of sp³-hybridized carbons (Fsp3) is 0.0556. The largest absolute Gasteiger partial charge is 0.484 e. The first-order valence-electron chi connectivity index (χ1n) is 7.79. The Kier molecular flexibility index (Phi) is 5.41. The number of hydrogen-bond donors (Lipinski definition) is 2. The van der Waals surface area contributed by atoms with Gasteiger partial charge < -0.3 is 4.74 Å². The third kappa shape index (κ3) is 4.66. The van der Waals surface area contributed by atoms with Crippen LogP contribution in [0.1, 0.15) is 10.5 Å². The van der Waals surface area contributed by atoms with Crippen molar-refractivity contribution in [1.82, 2.24) is 20.4 Å². The summed E-state index contributed by atoms with van der Waals surface area (Å²) >= 11 is 0. The first kappa shape index (κ1) is 18.1. The molecule has 0 aliphatic rings. The number of benzene rings is 2. The van der Waals surface area contributed by atoms with Crippen molar-refractivity contribution < 1.29 is 23.1 Å². The molecule has 0 bridgehead atoms. The smallest absolute Gasteiger partial charge is 0.288 e. The van der Waals surface area contributed by atoms with Crippen LogP contribution in [-0.4, -0.2) is 28.0 Å². The number of imidazole rings is 1. The van der Waals surface area contributed by atoms with E-state index in [1.54, 1.807) is 0 Å². The molecule has 7 nitrogen and oxygen atoms in total. The molecular weight excluding hydrogens is 358 g/mol. The van der Waals surface area contributed by atoms with Crippen molar-refractivity contribution in [3.8, 4) is 11.4 Å². The van der Waals surface area contributed by atoms with Gasteiger partial charge in [0.15, 0.2) is 6.61 Å². The molecule has 0 aliphatic heterocycles. The van der Waals surface area contributed by atoms with Crippen molar-refractivity contribution in [3.63, 3.8) is 0 Å². The van der Waals surface area contributed by atoms with Crippen LogP contribution in [-0.2, 0) is 4.79 Å². The molecule has 3 aromatic rings. The lowest BCUT2D eigenvalue weighted by atomic mass is 10.3. The molecule has 27 heavy (non-hydrogen) atoms. The summed E-state index contributed by atoms with van der Waals surface area (Å²) in [6, 6.07) is 10.8. The van der Waals surface area contributed by atoms with Gasteiger partial charge in [0.2, 0.25) is 0 Å². The quantitative estimate of drug-likeness (QED) is 0.671. The monoisotopic (exact) mass is 372 g/mol. The van der Waals surface area contributed by atoms with Crippen LogP contribution in [0.4, 0.5) is 8.78 Å². The standard InChI is InChI=1S/C18H14F2N4O3/c19-12-4-6-14(7-5-12)24-11-21-9-16(24)18(26)23-22-17(25)10-27-15-3-1-2-13(20)8-15/h1-9,11H,10H2,(H,22,25)(H,23,26). The maximum atomic E-state index is 13.0. The van der Waals surface area contributed by atoms with Crippen LogP contribution < -0.4 is 15.6 Å². The van der Waals surface area contributed by atoms with Gasteiger partial charge in [-0.3, -0.25) is 25.0 Å². The Morgan fingerprint density at radius 2 is 1.81 bits per heavy atom. The zero-order valence-electron chi connectivity index (χ0n) is 13.9. The molecule has 0 atom stereocenters. The maximum absolute atomic E-state index is 13.0. The summed E-state index contributed by atoms with van der Waals surface area (Å²) in [5.41, 5.74) is 5.07. The Labute approximate surface area is 152 Å². The fourth-order valence-corrected chi connectivity index (χ4v) is 2.20. The Hall–Kier alpha value is -3.75. The number of nitrogens with zero attached hydrogens (tertiary/aromatic N) is 2. The lowest BCUT2D eigenvalue weighted by molar-refractivity contribution is -0.123. The minimum atomic E-state index is -0.638. The van der Waals surface area contributed by atoms with Gasteiger partial charge in [-0.15, -0.1) is 0 Å². The molecule has 0 unspecified atom stereocenters. The first-order chi connectivity index (χ1) is 13.0. The molecule has 0 aliphatic carbocycles. The molecule has 1 heterocycles. The van der Waals surface area contributed by atoms with Crippen LogP contribution in [0.5, 0.6) is 5.75 Å². The highest BCUT2D eigenvalue weighted by Crippen LogP contribution is 2.12. The van der Waals surface area contributed by atoms with Crippen molar-refractivity contribution >= 4 is 11.8 Å². The Morgan fingerprint density at radius 1 is 1.04 bits per heavy atom. The number of halogens is 2. The van der Waals surface area contributed by atoms with Crippen molar-refractivity contribution in [2.45, 2.75) is 0 Å². The zero-order chi connectivity index (χ0) is 19.2. The van der Waals surface area contributed by atoms with Gasteiger partial charge in [0, 0.05) is 11.8 Å². The average molecular weight is 372 g/mol. The number of ether oxygens (including phenoxy) is 1. The van der Waals surface area contributed by atoms with E-state index in [-0.39, 0.29) is 11.4 Å². The minimum absolute atomic E-state index is 0.132. The summed E-state index contributed by atoms with van der Waals surface area (Å²) in [4.78, 5) is 27.9. The molecule has 9 heteroatoms. The highest BCUT2D eigenvalue weighted by molar-refractivity contribution is 5.94. The summed E-state index contributed by atoms with van der Waals surface area (Å²) in [5, 5.41) is 0. The molecule has 0 radical (unpaired) electrons. The van der Waals surface area contributed by atoms with Gasteiger partial charge in [-0.1, -0.05) is 6.07 Å². The van der Waals surface area contributed by atoms with E-state index in [0.717, 1.165) is 6.07 Å². The van der Waals surface area contributed by atoms with E-state index in [9.17, 15) is 18.4 Å². The van der Waals surface area contributed by atoms with Gasteiger partial charge in [0.25, 0.3) is 11.8 Å². The molecular formula is C18H14F2N4O3. The first-order valence-corrected chi connectivity index (χ1v) is 7.79. The zero-order valence-corrected chi connectivity index (χ0v) is 13.9. The van der Waals surface area contributed by atoms with Gasteiger partial charge >= 0.3 is 0 Å². The van der Waals surface area contributed by atoms with Crippen LogP contribution in [0.3, 0.4) is 0 Å². The lowest BCUT2D eigenvalue weighted by Gasteiger charge is -2.10. The van der Waals surface area contributed by atoms with Gasteiger partial charge in [0.1, 0.15) is 23.1 Å². The molecule has 1 aromatic heterocycles. The third-order valence-electron chi connectivity index (χ3n) is 3.46. The summed E-state index contributed by atoms with van der Waals surface area (Å²) < 4.78 is 32.6. The van der Waals surface area contributed by atoms with Crippen LogP contribution in [0.2, 0.25) is 0 Å². The number of hydrazine groups is 1. The molecule has 2 amide bonds. The SMILES string of the molecule is O=C(COc1cccc(F)c1)NNC(=O)c1cncn1-c1ccc(F)cc1. The van der Waals surface area contributed by atoms with E-state index in [2.05, 4.69) is 15.8 Å². The molecule has 2 aromatic carbocycles. The number of amides is 2. The number of carbonyl (C=O) groups excluding carboxylic acids is 2. The minimum Gasteiger partial charge on any atom is -0.484 e. The van der Waals surface area contributed by atoms with Gasteiger partial charge in [-0.25, -0.2) is 13.8 Å². The number of aromatic nitrogens is 2. The topological polar surface area (TPSA) is 85.2 Å². The molecule has 138 valence electrons. The molecule has 2 N–H and O–H groups in total. The number of hydrogen-bond acceptors (Lipinski definition) is 4. The van der Waals surface area contributed by atoms with E-state index >= 15 is 0 Å². The maximum Gasteiger partial charge on any atom is 0.288 e. The van der Waals surface area contributed by atoms with E-state index in [1.165, 1.54) is 59.6 Å². The summed E-state index contributed by atoms with van der Waals surface area (Å²) in [6.45, 7) is -0.416. The average Bonchev–Trinajstić information content (AvgIpc) is 3.15. The van der Waals surface area contributed by atoms with Crippen molar-refractivity contribution in [2.24, 2.45) is 0 Å². The third-order valence-corrected chi connectivity index (χ3v) is 3.46. The number of nitrogens with one attached hydrogen (secondary N) is 2.